The Balaban J connectivity index is 2.21. The van der Waals surface area contributed by atoms with E-state index in [1.165, 1.54) is 0 Å². The predicted octanol–water partition coefficient (Wildman–Crippen LogP) is 2.27. The van der Waals surface area contributed by atoms with Crippen molar-refractivity contribution in [3.63, 3.8) is 0 Å². The third kappa shape index (κ3) is 2.48. The largest absolute Gasteiger partial charge is 0.440 e. The van der Waals surface area contributed by atoms with Gasteiger partial charge in [0.2, 0.25) is 0 Å². The second kappa shape index (κ2) is 5.10. The van der Waals surface area contributed by atoms with Crippen molar-refractivity contribution in [2.45, 2.75) is 38.3 Å². The third-order valence-corrected chi connectivity index (χ3v) is 3.52. The van der Waals surface area contributed by atoms with Gasteiger partial charge in [-0.05, 0) is 49.9 Å². The monoisotopic (exact) mass is 256 g/mol. The Kier molecular flexibility index (Phi) is 3.74. The topological polar surface area (TPSA) is 59.5 Å². The van der Waals surface area contributed by atoms with Gasteiger partial charge in [0.15, 0.2) is 11.0 Å². The Morgan fingerprint density at radius 1 is 1.59 bits per heavy atom. The minimum Gasteiger partial charge on any atom is -0.440 e. The molecule has 2 N–H and O–H groups in total. The highest BCUT2D eigenvalue weighted by molar-refractivity contribution is 6.29. The first kappa shape index (κ1) is 12.5. The molecule has 0 radical (unpaired) electrons. The van der Waals surface area contributed by atoms with Crippen LogP contribution >= 0.6 is 11.6 Å². The van der Waals surface area contributed by atoms with Crippen LogP contribution in [0.2, 0.25) is 5.22 Å². The Morgan fingerprint density at radius 3 is 2.94 bits per heavy atom. The van der Waals surface area contributed by atoms with Crippen molar-refractivity contribution in [2.24, 2.45) is 5.73 Å². The lowest BCUT2D eigenvalue weighted by molar-refractivity contribution is 0.0462. The quantitative estimate of drug-likeness (QED) is 0.883. The summed E-state index contributed by atoms with van der Waals surface area (Å²) in [5, 5.41) is 0.238. The predicted molar refractivity (Wildman–Crippen MR) is 66.0 cm³/mol. The Labute approximate surface area is 106 Å². The van der Waals surface area contributed by atoms with Crippen LogP contribution in [0.3, 0.4) is 0 Å². The first-order valence-corrected chi connectivity index (χ1v) is 6.29. The Hall–Kier alpha value is -1.00. The number of nitrogens with two attached hydrogens (primary N) is 1. The molecule has 2 atom stereocenters. The van der Waals surface area contributed by atoms with Gasteiger partial charge in [-0.3, -0.25) is 4.79 Å². The third-order valence-electron chi connectivity index (χ3n) is 3.32. The molecule has 2 heterocycles. The molecule has 94 valence electrons. The molecule has 1 aliphatic rings. The lowest BCUT2D eigenvalue weighted by Gasteiger charge is -2.39. The van der Waals surface area contributed by atoms with E-state index in [-0.39, 0.29) is 23.2 Å². The Bertz CT molecular complexity index is 405. The minimum atomic E-state index is -0.112. The van der Waals surface area contributed by atoms with Gasteiger partial charge in [-0.15, -0.1) is 0 Å². The number of hydrogen-bond acceptors (Lipinski definition) is 3. The zero-order valence-electron chi connectivity index (χ0n) is 9.86. The maximum absolute atomic E-state index is 12.3. The molecule has 4 nitrogen and oxygen atoms in total. The summed E-state index contributed by atoms with van der Waals surface area (Å²) < 4.78 is 5.17. The first-order chi connectivity index (χ1) is 8.13. The van der Waals surface area contributed by atoms with E-state index in [1.54, 1.807) is 12.1 Å². The van der Waals surface area contributed by atoms with Crippen LogP contribution in [0.5, 0.6) is 0 Å². The van der Waals surface area contributed by atoms with Gasteiger partial charge in [-0.25, -0.2) is 0 Å². The summed E-state index contributed by atoms with van der Waals surface area (Å²) >= 11 is 5.69. The molecule has 5 heteroatoms. The van der Waals surface area contributed by atoms with Gasteiger partial charge in [0.05, 0.1) is 0 Å². The summed E-state index contributed by atoms with van der Waals surface area (Å²) in [6, 6.07) is 3.50. The molecule has 1 aromatic rings. The molecule has 17 heavy (non-hydrogen) atoms. The van der Waals surface area contributed by atoms with Gasteiger partial charge in [0.1, 0.15) is 0 Å². The lowest BCUT2D eigenvalue weighted by Crippen LogP contribution is -2.51. The normalized spacial score (nSPS) is 25.0. The molecule has 1 aromatic heterocycles. The smallest absolute Gasteiger partial charge is 0.290 e. The maximum atomic E-state index is 12.3. The van der Waals surface area contributed by atoms with E-state index in [0.29, 0.717) is 12.3 Å². The molecular weight excluding hydrogens is 240 g/mol. The number of furan rings is 1. The SMILES string of the molecule is CC1CCCC(CN)N1C(=O)c1ccc(Cl)o1. The zero-order valence-corrected chi connectivity index (χ0v) is 10.6. The summed E-state index contributed by atoms with van der Waals surface area (Å²) in [4.78, 5) is 14.1. The van der Waals surface area contributed by atoms with Gasteiger partial charge in [0.25, 0.3) is 5.91 Å². The number of halogens is 1. The fourth-order valence-electron chi connectivity index (χ4n) is 2.44. The molecule has 0 saturated carbocycles. The average Bonchev–Trinajstić information content (AvgIpc) is 2.74. The standard InChI is InChI=1S/C12H17ClN2O2/c1-8-3-2-4-9(7-14)15(8)12(16)10-5-6-11(13)17-10/h5-6,8-9H,2-4,7,14H2,1H3. The fraction of sp³-hybridized carbons (Fsp3) is 0.583. The highest BCUT2D eigenvalue weighted by atomic mass is 35.5. The molecule has 0 spiro atoms. The van der Waals surface area contributed by atoms with Gasteiger partial charge in [-0.2, -0.15) is 0 Å². The van der Waals surface area contributed by atoms with E-state index in [1.807, 2.05) is 11.8 Å². The van der Waals surface area contributed by atoms with Crippen molar-refractivity contribution < 1.29 is 9.21 Å². The summed E-state index contributed by atoms with van der Waals surface area (Å²) in [6.07, 6.45) is 3.09. The number of rotatable bonds is 2. The molecule has 1 amide bonds. The van der Waals surface area contributed by atoms with E-state index >= 15 is 0 Å². The number of hydrogen-bond donors (Lipinski definition) is 1. The first-order valence-electron chi connectivity index (χ1n) is 5.91. The molecule has 2 unspecified atom stereocenters. The van der Waals surface area contributed by atoms with Crippen LogP contribution in [0, 0.1) is 0 Å². The second-order valence-corrected chi connectivity index (χ2v) is 4.86. The van der Waals surface area contributed by atoms with Crippen LogP contribution in [0.1, 0.15) is 36.7 Å². The van der Waals surface area contributed by atoms with E-state index in [4.69, 9.17) is 21.8 Å². The van der Waals surface area contributed by atoms with Crippen LogP contribution in [-0.4, -0.2) is 29.4 Å². The van der Waals surface area contributed by atoms with Gasteiger partial charge >= 0.3 is 0 Å². The van der Waals surface area contributed by atoms with Crippen molar-refractivity contribution >= 4 is 17.5 Å². The Morgan fingerprint density at radius 2 is 2.35 bits per heavy atom. The van der Waals surface area contributed by atoms with Crippen LogP contribution in [-0.2, 0) is 0 Å². The van der Waals surface area contributed by atoms with Crippen LogP contribution in [0.4, 0.5) is 0 Å². The molecule has 0 aromatic carbocycles. The number of likely N-dealkylation sites (tertiary alicyclic amines) is 1. The van der Waals surface area contributed by atoms with E-state index in [2.05, 4.69) is 0 Å². The molecular formula is C12H17ClN2O2. The van der Waals surface area contributed by atoms with E-state index in [9.17, 15) is 4.79 Å². The number of amides is 1. The molecule has 1 fully saturated rings. The van der Waals surface area contributed by atoms with Crippen molar-refractivity contribution in [1.29, 1.82) is 0 Å². The molecule has 1 saturated heterocycles. The van der Waals surface area contributed by atoms with E-state index < -0.39 is 0 Å². The molecule has 1 aliphatic heterocycles. The van der Waals surface area contributed by atoms with Gasteiger partial charge < -0.3 is 15.1 Å². The van der Waals surface area contributed by atoms with Crippen LogP contribution in [0.25, 0.3) is 0 Å². The van der Waals surface area contributed by atoms with Crippen molar-refractivity contribution in [3.8, 4) is 0 Å². The van der Waals surface area contributed by atoms with Crippen LogP contribution < -0.4 is 5.73 Å². The van der Waals surface area contributed by atoms with Crippen molar-refractivity contribution in [1.82, 2.24) is 4.90 Å². The second-order valence-electron chi connectivity index (χ2n) is 4.49. The van der Waals surface area contributed by atoms with E-state index in [0.717, 1.165) is 19.3 Å². The maximum Gasteiger partial charge on any atom is 0.290 e. The summed E-state index contributed by atoms with van der Waals surface area (Å²) in [5.41, 5.74) is 5.73. The molecule has 0 bridgehead atoms. The van der Waals surface area contributed by atoms with Crippen molar-refractivity contribution in [2.75, 3.05) is 6.54 Å². The minimum absolute atomic E-state index is 0.107. The number of carbonyl (C=O) groups excluding carboxylic acids is 1. The lowest BCUT2D eigenvalue weighted by atomic mass is 9.96. The number of carbonyl (C=O) groups is 1. The molecule has 2 rings (SSSR count). The van der Waals surface area contributed by atoms with Gasteiger partial charge in [-0.1, -0.05) is 0 Å². The fourth-order valence-corrected chi connectivity index (χ4v) is 2.59. The van der Waals surface area contributed by atoms with Gasteiger partial charge in [0, 0.05) is 18.6 Å². The highest BCUT2D eigenvalue weighted by Gasteiger charge is 2.32. The average molecular weight is 257 g/mol. The number of piperidine rings is 1. The molecule has 0 aliphatic carbocycles. The number of nitrogens with zero attached hydrogens (tertiary/aromatic N) is 1. The summed E-state index contributed by atoms with van der Waals surface area (Å²) in [6.45, 7) is 2.54. The van der Waals surface area contributed by atoms with Crippen LogP contribution in [0.15, 0.2) is 16.5 Å². The summed E-state index contributed by atoms with van der Waals surface area (Å²) in [7, 11) is 0. The zero-order chi connectivity index (χ0) is 12.4. The summed E-state index contributed by atoms with van der Waals surface area (Å²) in [5.74, 6) is 0.182. The highest BCUT2D eigenvalue weighted by Crippen LogP contribution is 2.25. The van der Waals surface area contributed by atoms with Crippen molar-refractivity contribution in [3.05, 3.63) is 23.1 Å².